The Balaban J connectivity index is 2.40. The van der Waals surface area contributed by atoms with Crippen LogP contribution < -0.4 is 16.0 Å². The minimum Gasteiger partial charge on any atom is -0.448 e. The number of nitrogens with one attached hydrogen (secondary N) is 1. The number of nitrogens with two attached hydrogens (primary N) is 1. The number of benzene rings is 1. The molecule has 2 rings (SSSR count). The van der Waals surface area contributed by atoms with Gasteiger partial charge in [0.15, 0.2) is 0 Å². The Bertz CT molecular complexity index is 621. The fourth-order valence-corrected chi connectivity index (χ4v) is 1.62. The second-order valence-corrected chi connectivity index (χ2v) is 3.88. The van der Waals surface area contributed by atoms with Gasteiger partial charge < -0.3 is 10.2 Å². The molecule has 0 radical (unpaired) electrons. The van der Waals surface area contributed by atoms with Gasteiger partial charge in [0.05, 0.1) is 9.95 Å². The summed E-state index contributed by atoms with van der Waals surface area (Å²) < 4.78 is 5.43. The van der Waals surface area contributed by atoms with E-state index in [4.69, 9.17) is 22.2 Å². The zero-order valence-corrected chi connectivity index (χ0v) is 10.3. The lowest BCUT2D eigenvalue weighted by atomic mass is 10.3. The Kier molecular flexibility index (Phi) is 3.79. The Hall–Kier alpha value is -2.38. The summed E-state index contributed by atoms with van der Waals surface area (Å²) in [5.41, 5.74) is 2.13. The molecule has 0 atom stereocenters. The molecule has 0 saturated heterocycles. The first kappa shape index (κ1) is 13.1. The summed E-state index contributed by atoms with van der Waals surface area (Å²) in [6.45, 7) is 0. The van der Waals surface area contributed by atoms with E-state index in [9.17, 15) is 10.1 Å². The predicted molar refractivity (Wildman–Crippen MR) is 70.2 cm³/mol. The number of nitrogen functional groups attached to an aromatic ring is 1. The molecule has 0 aliphatic heterocycles. The maximum absolute atomic E-state index is 10.9. The third-order valence-electron chi connectivity index (χ3n) is 2.24. The van der Waals surface area contributed by atoms with E-state index in [0.29, 0.717) is 11.6 Å². The van der Waals surface area contributed by atoms with Gasteiger partial charge in [-0.25, -0.2) is 10.8 Å². The summed E-state index contributed by atoms with van der Waals surface area (Å²) in [6.07, 6.45) is 1.45. The number of nitro benzene ring substituents is 1. The molecule has 2 aromatic rings. The van der Waals surface area contributed by atoms with Crippen molar-refractivity contribution in [3.05, 3.63) is 51.7 Å². The standard InChI is InChI=1S/C11H9ClN4O3/c12-8-2-1-3-9(16(17)18)11(8)19-7-4-5-14-10(6-7)15-13/h1-6H,13H2,(H,14,15). The number of pyridine rings is 1. The average molecular weight is 281 g/mol. The van der Waals surface area contributed by atoms with Crippen LogP contribution in [0.5, 0.6) is 11.5 Å². The van der Waals surface area contributed by atoms with Crippen LogP contribution in [0.1, 0.15) is 0 Å². The molecule has 0 spiro atoms. The number of anilines is 1. The molecule has 0 fully saturated rings. The minimum atomic E-state index is -0.565. The summed E-state index contributed by atoms with van der Waals surface area (Å²) >= 11 is 5.91. The summed E-state index contributed by atoms with van der Waals surface area (Å²) in [7, 11) is 0. The minimum absolute atomic E-state index is 0.0247. The lowest BCUT2D eigenvalue weighted by Gasteiger charge is -2.08. The molecule has 98 valence electrons. The monoisotopic (exact) mass is 280 g/mol. The Morgan fingerprint density at radius 2 is 2.21 bits per heavy atom. The quantitative estimate of drug-likeness (QED) is 0.507. The number of para-hydroxylation sites is 1. The van der Waals surface area contributed by atoms with Crippen LogP contribution in [-0.2, 0) is 0 Å². The fourth-order valence-electron chi connectivity index (χ4n) is 1.41. The van der Waals surface area contributed by atoms with Gasteiger partial charge in [-0.1, -0.05) is 17.7 Å². The zero-order chi connectivity index (χ0) is 13.8. The topological polar surface area (TPSA) is 103 Å². The molecule has 0 saturated carbocycles. The molecule has 1 aromatic carbocycles. The van der Waals surface area contributed by atoms with Gasteiger partial charge in [-0.15, -0.1) is 0 Å². The van der Waals surface area contributed by atoms with Crippen LogP contribution in [0.2, 0.25) is 5.02 Å². The van der Waals surface area contributed by atoms with Gasteiger partial charge in [-0.3, -0.25) is 10.1 Å². The van der Waals surface area contributed by atoms with Crippen LogP contribution in [-0.4, -0.2) is 9.91 Å². The van der Waals surface area contributed by atoms with Crippen molar-refractivity contribution in [1.82, 2.24) is 4.98 Å². The summed E-state index contributed by atoms with van der Waals surface area (Å²) in [6, 6.07) is 7.32. The van der Waals surface area contributed by atoms with Gasteiger partial charge in [-0.2, -0.15) is 0 Å². The van der Waals surface area contributed by atoms with Crippen molar-refractivity contribution in [2.45, 2.75) is 0 Å². The molecule has 0 aliphatic carbocycles. The number of hydrogen-bond donors (Lipinski definition) is 2. The smallest absolute Gasteiger partial charge is 0.313 e. The van der Waals surface area contributed by atoms with E-state index in [1.165, 1.54) is 36.5 Å². The highest BCUT2D eigenvalue weighted by atomic mass is 35.5. The third-order valence-corrected chi connectivity index (χ3v) is 2.54. The zero-order valence-electron chi connectivity index (χ0n) is 9.54. The second kappa shape index (κ2) is 5.51. The molecule has 1 aromatic heterocycles. The van der Waals surface area contributed by atoms with Crippen molar-refractivity contribution in [3.8, 4) is 11.5 Å². The van der Waals surface area contributed by atoms with Gasteiger partial charge >= 0.3 is 5.69 Å². The molecule has 0 amide bonds. The number of hydrogen-bond acceptors (Lipinski definition) is 6. The van der Waals surface area contributed by atoms with E-state index in [1.54, 1.807) is 0 Å². The molecule has 0 aliphatic rings. The van der Waals surface area contributed by atoms with Gasteiger partial charge in [0, 0.05) is 18.3 Å². The van der Waals surface area contributed by atoms with Crippen molar-refractivity contribution < 1.29 is 9.66 Å². The number of ether oxygens (including phenoxy) is 1. The molecule has 8 heteroatoms. The van der Waals surface area contributed by atoms with Crippen molar-refractivity contribution in [2.24, 2.45) is 5.84 Å². The lowest BCUT2D eigenvalue weighted by molar-refractivity contribution is -0.385. The second-order valence-electron chi connectivity index (χ2n) is 3.47. The van der Waals surface area contributed by atoms with Crippen molar-refractivity contribution in [1.29, 1.82) is 0 Å². The third kappa shape index (κ3) is 2.90. The molecular formula is C11H9ClN4O3. The van der Waals surface area contributed by atoms with Crippen LogP contribution in [0, 0.1) is 10.1 Å². The summed E-state index contributed by atoms with van der Waals surface area (Å²) in [5, 5.41) is 11.1. The maximum atomic E-state index is 10.9. The fraction of sp³-hybridized carbons (Fsp3) is 0. The highest BCUT2D eigenvalue weighted by Gasteiger charge is 2.19. The van der Waals surface area contributed by atoms with Crippen molar-refractivity contribution in [2.75, 3.05) is 5.43 Å². The first-order valence-corrected chi connectivity index (χ1v) is 5.53. The highest BCUT2D eigenvalue weighted by molar-refractivity contribution is 6.32. The van der Waals surface area contributed by atoms with Crippen LogP contribution in [0.4, 0.5) is 11.5 Å². The van der Waals surface area contributed by atoms with E-state index in [1.807, 2.05) is 0 Å². The lowest BCUT2D eigenvalue weighted by Crippen LogP contribution is -2.08. The number of rotatable bonds is 4. The van der Waals surface area contributed by atoms with E-state index < -0.39 is 4.92 Å². The normalized spacial score (nSPS) is 10.0. The summed E-state index contributed by atoms with van der Waals surface area (Å²) in [4.78, 5) is 14.2. The highest BCUT2D eigenvalue weighted by Crippen LogP contribution is 2.37. The number of nitrogens with zero attached hydrogens (tertiary/aromatic N) is 2. The molecule has 0 unspecified atom stereocenters. The van der Waals surface area contributed by atoms with E-state index in [-0.39, 0.29) is 16.5 Å². The SMILES string of the molecule is NNc1cc(Oc2c(Cl)cccc2[N+](=O)[O-])ccn1. The molecular weight excluding hydrogens is 272 g/mol. The van der Waals surface area contributed by atoms with Gasteiger partial charge in [0.1, 0.15) is 11.6 Å². The predicted octanol–water partition coefficient (Wildman–Crippen LogP) is 2.72. The Morgan fingerprint density at radius 1 is 1.42 bits per heavy atom. The maximum Gasteiger partial charge on any atom is 0.313 e. The molecule has 0 bridgehead atoms. The average Bonchev–Trinajstić information content (AvgIpc) is 2.41. The van der Waals surface area contributed by atoms with Gasteiger partial charge in [-0.05, 0) is 12.1 Å². The first-order valence-electron chi connectivity index (χ1n) is 5.15. The number of halogens is 1. The van der Waals surface area contributed by atoms with E-state index in [2.05, 4.69) is 10.4 Å². The number of nitro groups is 1. The van der Waals surface area contributed by atoms with Crippen LogP contribution >= 0.6 is 11.6 Å². The number of hydrazine groups is 1. The first-order chi connectivity index (χ1) is 9.11. The van der Waals surface area contributed by atoms with E-state index in [0.717, 1.165) is 0 Å². The van der Waals surface area contributed by atoms with Gasteiger partial charge in [0.25, 0.3) is 0 Å². The largest absolute Gasteiger partial charge is 0.448 e. The molecule has 19 heavy (non-hydrogen) atoms. The Morgan fingerprint density at radius 3 is 2.89 bits per heavy atom. The molecule has 7 nitrogen and oxygen atoms in total. The van der Waals surface area contributed by atoms with Crippen LogP contribution in [0.3, 0.4) is 0 Å². The van der Waals surface area contributed by atoms with Crippen molar-refractivity contribution in [3.63, 3.8) is 0 Å². The van der Waals surface area contributed by atoms with Gasteiger partial charge in [0.2, 0.25) is 5.75 Å². The Labute approximate surface area is 113 Å². The van der Waals surface area contributed by atoms with Crippen LogP contribution in [0.25, 0.3) is 0 Å². The van der Waals surface area contributed by atoms with Crippen LogP contribution in [0.15, 0.2) is 36.5 Å². The van der Waals surface area contributed by atoms with Crippen molar-refractivity contribution >= 4 is 23.1 Å². The number of aromatic nitrogens is 1. The van der Waals surface area contributed by atoms with E-state index >= 15 is 0 Å². The molecule has 3 N–H and O–H groups in total. The summed E-state index contributed by atoms with van der Waals surface area (Å²) in [5.74, 6) is 5.89. The molecule has 1 heterocycles.